The molecule has 1 saturated carbocycles. The van der Waals surface area contributed by atoms with Crippen LogP contribution in [0.5, 0.6) is 0 Å². The summed E-state index contributed by atoms with van der Waals surface area (Å²) in [6.07, 6.45) is 5.53. The third kappa shape index (κ3) is 1.20. The Bertz CT molecular complexity index is 101. The van der Waals surface area contributed by atoms with Gasteiger partial charge in [-0.1, -0.05) is 13.8 Å². The Morgan fingerprint density at radius 1 is 1.40 bits per heavy atom. The molecule has 1 heteroatoms. The maximum absolute atomic E-state index is 3.41. The molecule has 0 aromatic carbocycles. The van der Waals surface area contributed by atoms with E-state index in [4.69, 9.17) is 0 Å². The molecular weight excluding hydrogens is 122 g/mol. The Balaban J connectivity index is 2.43. The van der Waals surface area contributed by atoms with Gasteiger partial charge in [0, 0.05) is 6.04 Å². The standard InChI is InChI=1S/C9H19N/c1-4-8(10-3)9(5-2)6-7-9/h8,10H,4-7H2,1-3H3. The van der Waals surface area contributed by atoms with Crippen LogP contribution in [0.1, 0.15) is 39.5 Å². The molecule has 1 nitrogen and oxygen atoms in total. The summed E-state index contributed by atoms with van der Waals surface area (Å²) in [6.45, 7) is 4.59. The van der Waals surface area contributed by atoms with Crippen LogP contribution in [-0.2, 0) is 0 Å². The Hall–Kier alpha value is -0.0400. The van der Waals surface area contributed by atoms with Crippen LogP contribution in [-0.4, -0.2) is 13.1 Å². The molecule has 1 rings (SSSR count). The van der Waals surface area contributed by atoms with E-state index in [0.717, 1.165) is 6.04 Å². The van der Waals surface area contributed by atoms with Gasteiger partial charge in [-0.3, -0.25) is 0 Å². The van der Waals surface area contributed by atoms with Gasteiger partial charge < -0.3 is 5.32 Å². The van der Waals surface area contributed by atoms with Gasteiger partial charge in [0.1, 0.15) is 0 Å². The third-order valence-corrected chi connectivity index (χ3v) is 3.09. The molecule has 1 unspecified atom stereocenters. The number of nitrogens with one attached hydrogen (secondary N) is 1. The maximum Gasteiger partial charge on any atom is 0.0118 e. The SMILES string of the molecule is CCC(NC)C1(CC)CC1. The second-order valence-electron chi connectivity index (χ2n) is 3.47. The van der Waals surface area contributed by atoms with E-state index < -0.39 is 0 Å². The highest BCUT2D eigenvalue weighted by Gasteiger charge is 2.45. The molecule has 1 atom stereocenters. The summed E-state index contributed by atoms with van der Waals surface area (Å²) in [5.41, 5.74) is 0.698. The largest absolute Gasteiger partial charge is 0.316 e. The molecule has 1 fully saturated rings. The lowest BCUT2D eigenvalue weighted by molar-refractivity contribution is 0.329. The van der Waals surface area contributed by atoms with Crippen LogP contribution < -0.4 is 5.32 Å². The predicted molar refractivity (Wildman–Crippen MR) is 45.1 cm³/mol. The molecule has 0 saturated heterocycles. The van der Waals surface area contributed by atoms with Crippen molar-refractivity contribution in [3.8, 4) is 0 Å². The lowest BCUT2D eigenvalue weighted by Gasteiger charge is -2.23. The summed E-state index contributed by atoms with van der Waals surface area (Å²) in [6, 6.07) is 0.775. The fraction of sp³-hybridized carbons (Fsp3) is 1.00. The molecule has 10 heavy (non-hydrogen) atoms. The van der Waals surface area contributed by atoms with Gasteiger partial charge in [-0.2, -0.15) is 0 Å². The van der Waals surface area contributed by atoms with Crippen molar-refractivity contribution in [1.82, 2.24) is 5.32 Å². The molecule has 0 heterocycles. The first kappa shape index (κ1) is 8.06. The monoisotopic (exact) mass is 141 g/mol. The quantitative estimate of drug-likeness (QED) is 0.632. The van der Waals surface area contributed by atoms with Crippen molar-refractivity contribution >= 4 is 0 Å². The van der Waals surface area contributed by atoms with Crippen molar-refractivity contribution in [2.24, 2.45) is 5.41 Å². The number of rotatable bonds is 4. The molecule has 0 aromatic rings. The topological polar surface area (TPSA) is 12.0 Å². The van der Waals surface area contributed by atoms with Gasteiger partial charge in [-0.25, -0.2) is 0 Å². The molecule has 0 spiro atoms. The molecule has 1 aliphatic carbocycles. The van der Waals surface area contributed by atoms with Gasteiger partial charge in [0.15, 0.2) is 0 Å². The molecule has 0 aromatic heterocycles. The summed E-state index contributed by atoms with van der Waals surface area (Å²) in [4.78, 5) is 0. The first-order chi connectivity index (χ1) is 4.79. The molecule has 0 amide bonds. The highest BCUT2D eigenvalue weighted by molar-refractivity contribution is 5.00. The van der Waals surface area contributed by atoms with Gasteiger partial charge in [-0.15, -0.1) is 0 Å². The number of hydrogen-bond acceptors (Lipinski definition) is 1. The molecular formula is C9H19N. The van der Waals surface area contributed by atoms with Crippen molar-refractivity contribution in [1.29, 1.82) is 0 Å². The van der Waals surface area contributed by atoms with Gasteiger partial charge in [0.05, 0.1) is 0 Å². The smallest absolute Gasteiger partial charge is 0.0118 e. The highest BCUT2D eigenvalue weighted by atomic mass is 14.9. The van der Waals surface area contributed by atoms with Crippen molar-refractivity contribution < 1.29 is 0 Å². The minimum atomic E-state index is 0.698. The Morgan fingerprint density at radius 2 is 2.00 bits per heavy atom. The second kappa shape index (κ2) is 2.91. The molecule has 0 aliphatic heterocycles. The minimum absolute atomic E-state index is 0.698. The summed E-state index contributed by atoms with van der Waals surface area (Å²) >= 11 is 0. The van der Waals surface area contributed by atoms with E-state index in [0.29, 0.717) is 5.41 Å². The van der Waals surface area contributed by atoms with Crippen LogP contribution in [0.2, 0.25) is 0 Å². The van der Waals surface area contributed by atoms with Crippen LogP contribution in [0.25, 0.3) is 0 Å². The van der Waals surface area contributed by atoms with Gasteiger partial charge in [0.2, 0.25) is 0 Å². The summed E-state index contributed by atoms with van der Waals surface area (Å²) in [7, 11) is 2.09. The minimum Gasteiger partial charge on any atom is -0.316 e. The zero-order chi connectivity index (χ0) is 7.61. The average molecular weight is 141 g/mol. The molecule has 0 radical (unpaired) electrons. The van der Waals surface area contributed by atoms with Crippen LogP contribution in [0.3, 0.4) is 0 Å². The van der Waals surface area contributed by atoms with Crippen LogP contribution in [0.4, 0.5) is 0 Å². The highest BCUT2D eigenvalue weighted by Crippen LogP contribution is 2.52. The van der Waals surface area contributed by atoms with E-state index in [1.54, 1.807) is 0 Å². The summed E-state index contributed by atoms with van der Waals surface area (Å²) < 4.78 is 0. The maximum atomic E-state index is 3.41. The zero-order valence-corrected chi connectivity index (χ0v) is 7.41. The first-order valence-electron chi connectivity index (χ1n) is 4.46. The zero-order valence-electron chi connectivity index (χ0n) is 7.41. The van der Waals surface area contributed by atoms with Gasteiger partial charge in [-0.05, 0) is 38.1 Å². The van der Waals surface area contributed by atoms with Crippen LogP contribution >= 0.6 is 0 Å². The average Bonchev–Trinajstić information content (AvgIpc) is 2.72. The van der Waals surface area contributed by atoms with E-state index >= 15 is 0 Å². The van der Waals surface area contributed by atoms with Crippen molar-refractivity contribution in [2.75, 3.05) is 7.05 Å². The number of hydrogen-bond donors (Lipinski definition) is 1. The summed E-state index contributed by atoms with van der Waals surface area (Å²) in [5, 5.41) is 3.41. The van der Waals surface area contributed by atoms with E-state index in [-0.39, 0.29) is 0 Å². The van der Waals surface area contributed by atoms with Crippen LogP contribution in [0, 0.1) is 5.41 Å². The van der Waals surface area contributed by atoms with Crippen molar-refractivity contribution in [3.63, 3.8) is 0 Å². The van der Waals surface area contributed by atoms with Crippen molar-refractivity contribution in [2.45, 2.75) is 45.6 Å². The van der Waals surface area contributed by atoms with E-state index in [2.05, 4.69) is 26.2 Å². The lowest BCUT2D eigenvalue weighted by Crippen LogP contribution is -2.33. The van der Waals surface area contributed by atoms with E-state index in [9.17, 15) is 0 Å². The van der Waals surface area contributed by atoms with E-state index in [1.807, 2.05) is 0 Å². The molecule has 60 valence electrons. The lowest BCUT2D eigenvalue weighted by atomic mass is 9.92. The van der Waals surface area contributed by atoms with Crippen LogP contribution in [0.15, 0.2) is 0 Å². The fourth-order valence-electron chi connectivity index (χ4n) is 2.05. The van der Waals surface area contributed by atoms with Crippen molar-refractivity contribution in [3.05, 3.63) is 0 Å². The Labute approximate surface area is 64.2 Å². The van der Waals surface area contributed by atoms with Gasteiger partial charge in [0.25, 0.3) is 0 Å². The molecule has 1 N–H and O–H groups in total. The summed E-state index contributed by atoms with van der Waals surface area (Å²) in [5.74, 6) is 0. The predicted octanol–water partition coefficient (Wildman–Crippen LogP) is 2.17. The molecule has 1 aliphatic rings. The Kier molecular flexibility index (Phi) is 2.35. The fourth-order valence-corrected chi connectivity index (χ4v) is 2.05. The van der Waals surface area contributed by atoms with Gasteiger partial charge >= 0.3 is 0 Å². The molecule has 0 bridgehead atoms. The van der Waals surface area contributed by atoms with E-state index in [1.165, 1.54) is 25.7 Å². The second-order valence-corrected chi connectivity index (χ2v) is 3.47. The normalized spacial score (nSPS) is 24.3. The Morgan fingerprint density at radius 3 is 2.10 bits per heavy atom. The third-order valence-electron chi connectivity index (χ3n) is 3.09. The first-order valence-corrected chi connectivity index (χ1v) is 4.46.